The van der Waals surface area contributed by atoms with Crippen LogP contribution in [0.3, 0.4) is 0 Å². The first-order valence-electron chi connectivity index (χ1n) is 7.58. The fraction of sp³-hybridized carbons (Fsp3) is 0.105. The average molecular weight is 319 g/mol. The van der Waals surface area contributed by atoms with Crippen molar-refractivity contribution in [2.75, 3.05) is 6.61 Å². The zero-order valence-electron chi connectivity index (χ0n) is 13.3. The van der Waals surface area contributed by atoms with E-state index >= 15 is 0 Å². The van der Waals surface area contributed by atoms with Crippen LogP contribution in [0.25, 0.3) is 10.9 Å². The third-order valence-electron chi connectivity index (χ3n) is 3.54. The van der Waals surface area contributed by atoms with Gasteiger partial charge in [0.05, 0.1) is 6.21 Å². The number of carbonyl (C=O) groups is 1. The van der Waals surface area contributed by atoms with Crippen molar-refractivity contribution in [3.05, 3.63) is 71.9 Å². The van der Waals surface area contributed by atoms with Crippen molar-refractivity contribution >= 4 is 23.0 Å². The van der Waals surface area contributed by atoms with E-state index in [1.54, 1.807) is 18.5 Å². The lowest BCUT2D eigenvalue weighted by molar-refractivity contribution is -0.123. The molecule has 120 valence electrons. The molecule has 1 aromatic heterocycles. The molecule has 2 aromatic carbocycles. The van der Waals surface area contributed by atoms with Gasteiger partial charge in [0, 0.05) is 11.6 Å². The highest BCUT2D eigenvalue weighted by Gasteiger charge is 2.05. The van der Waals surface area contributed by atoms with Crippen LogP contribution in [0.2, 0.25) is 0 Å². The van der Waals surface area contributed by atoms with E-state index in [2.05, 4.69) is 15.5 Å². The van der Waals surface area contributed by atoms with E-state index in [-0.39, 0.29) is 12.5 Å². The van der Waals surface area contributed by atoms with Crippen LogP contribution in [0.15, 0.2) is 65.9 Å². The Balaban J connectivity index is 1.58. The molecule has 1 heterocycles. The second kappa shape index (κ2) is 7.37. The van der Waals surface area contributed by atoms with E-state index in [9.17, 15) is 4.79 Å². The minimum Gasteiger partial charge on any atom is -0.481 e. The number of hydrogen-bond donors (Lipinski definition) is 1. The maximum absolute atomic E-state index is 11.9. The quantitative estimate of drug-likeness (QED) is 0.580. The van der Waals surface area contributed by atoms with Gasteiger partial charge in [-0.1, -0.05) is 42.5 Å². The van der Waals surface area contributed by atoms with Crippen LogP contribution in [0.4, 0.5) is 0 Å². The van der Waals surface area contributed by atoms with Gasteiger partial charge in [-0.05, 0) is 30.2 Å². The predicted molar refractivity (Wildman–Crippen MR) is 94.2 cm³/mol. The zero-order chi connectivity index (χ0) is 16.8. The van der Waals surface area contributed by atoms with Gasteiger partial charge in [0.1, 0.15) is 11.3 Å². The number of carbonyl (C=O) groups excluding carboxylic acids is 1. The van der Waals surface area contributed by atoms with E-state index < -0.39 is 0 Å². The number of pyridine rings is 1. The molecule has 0 unspecified atom stereocenters. The first kappa shape index (κ1) is 15.7. The number of rotatable bonds is 5. The molecule has 3 rings (SSSR count). The van der Waals surface area contributed by atoms with E-state index in [1.165, 1.54) is 0 Å². The zero-order valence-corrected chi connectivity index (χ0v) is 13.3. The molecule has 1 N–H and O–H groups in total. The van der Waals surface area contributed by atoms with Crippen LogP contribution >= 0.6 is 0 Å². The Morgan fingerprint density at radius 2 is 2.00 bits per heavy atom. The number of nitrogens with zero attached hydrogens (tertiary/aromatic N) is 2. The molecular formula is C19H17N3O2. The Hall–Kier alpha value is -3.21. The van der Waals surface area contributed by atoms with E-state index in [0.717, 1.165) is 22.0 Å². The van der Waals surface area contributed by atoms with Crippen LogP contribution in [-0.2, 0) is 4.79 Å². The number of hydrogen-bond acceptors (Lipinski definition) is 4. The SMILES string of the molecule is Cc1ccccc1/C=N\NC(=O)COc1cccc2cccnc12. The minimum absolute atomic E-state index is 0.124. The van der Waals surface area contributed by atoms with Crippen molar-refractivity contribution in [1.29, 1.82) is 0 Å². The third-order valence-corrected chi connectivity index (χ3v) is 3.54. The van der Waals surface area contributed by atoms with E-state index in [1.807, 2.05) is 55.5 Å². The largest absolute Gasteiger partial charge is 0.481 e. The number of nitrogens with one attached hydrogen (secondary N) is 1. The van der Waals surface area contributed by atoms with Gasteiger partial charge in [-0.3, -0.25) is 9.78 Å². The fourth-order valence-electron chi connectivity index (χ4n) is 2.27. The van der Waals surface area contributed by atoms with Crippen LogP contribution in [0, 0.1) is 6.92 Å². The van der Waals surface area contributed by atoms with Gasteiger partial charge in [-0.25, -0.2) is 5.43 Å². The highest BCUT2D eigenvalue weighted by Crippen LogP contribution is 2.22. The van der Waals surface area contributed by atoms with Crippen LogP contribution in [0.1, 0.15) is 11.1 Å². The van der Waals surface area contributed by atoms with Gasteiger partial charge in [0.25, 0.3) is 5.91 Å². The second-order valence-corrected chi connectivity index (χ2v) is 5.27. The lowest BCUT2D eigenvalue weighted by Gasteiger charge is -2.07. The molecule has 5 heteroatoms. The molecule has 0 spiro atoms. The van der Waals surface area contributed by atoms with Gasteiger partial charge >= 0.3 is 0 Å². The molecule has 0 radical (unpaired) electrons. The number of amides is 1. The summed E-state index contributed by atoms with van der Waals surface area (Å²) < 4.78 is 5.56. The van der Waals surface area contributed by atoms with Crippen molar-refractivity contribution in [2.24, 2.45) is 5.10 Å². The van der Waals surface area contributed by atoms with Gasteiger partial charge in [0.15, 0.2) is 6.61 Å². The highest BCUT2D eigenvalue weighted by molar-refractivity contribution is 5.86. The number of hydrazone groups is 1. The molecule has 0 atom stereocenters. The predicted octanol–water partition coefficient (Wildman–Crippen LogP) is 3.07. The Morgan fingerprint density at radius 3 is 2.88 bits per heavy atom. The molecule has 0 aliphatic rings. The standard InChI is InChI=1S/C19H17N3O2/c1-14-6-2-3-7-16(14)12-21-22-18(23)13-24-17-10-4-8-15-9-5-11-20-19(15)17/h2-12H,13H2,1H3,(H,22,23)/b21-12-. The first-order chi connectivity index (χ1) is 11.7. The Kier molecular flexibility index (Phi) is 4.81. The van der Waals surface area contributed by atoms with Crippen molar-refractivity contribution in [2.45, 2.75) is 6.92 Å². The van der Waals surface area contributed by atoms with Gasteiger partial charge in [-0.2, -0.15) is 5.10 Å². The molecule has 0 aliphatic carbocycles. The molecule has 5 nitrogen and oxygen atoms in total. The summed E-state index contributed by atoms with van der Waals surface area (Å²) >= 11 is 0. The van der Waals surface area contributed by atoms with Gasteiger partial charge in [-0.15, -0.1) is 0 Å². The third kappa shape index (κ3) is 3.76. The summed E-state index contributed by atoms with van der Waals surface area (Å²) in [5.74, 6) is 0.249. The number of benzene rings is 2. The Bertz CT molecular complexity index is 885. The highest BCUT2D eigenvalue weighted by atomic mass is 16.5. The summed E-state index contributed by atoms with van der Waals surface area (Å²) in [7, 11) is 0. The molecule has 0 saturated carbocycles. The molecule has 0 bridgehead atoms. The normalized spacial score (nSPS) is 10.9. The topological polar surface area (TPSA) is 63.6 Å². The van der Waals surface area contributed by atoms with Crippen molar-refractivity contribution in [1.82, 2.24) is 10.4 Å². The Morgan fingerprint density at radius 1 is 1.17 bits per heavy atom. The van der Waals surface area contributed by atoms with Crippen molar-refractivity contribution in [3.63, 3.8) is 0 Å². The molecule has 0 fully saturated rings. The van der Waals surface area contributed by atoms with Crippen molar-refractivity contribution in [3.8, 4) is 5.75 Å². The van der Waals surface area contributed by atoms with Crippen molar-refractivity contribution < 1.29 is 9.53 Å². The minimum atomic E-state index is -0.326. The van der Waals surface area contributed by atoms with Gasteiger partial charge in [0.2, 0.25) is 0 Å². The Labute approximate surface area is 140 Å². The summed E-state index contributed by atoms with van der Waals surface area (Å²) in [6.07, 6.45) is 3.31. The fourth-order valence-corrected chi connectivity index (χ4v) is 2.27. The monoisotopic (exact) mass is 319 g/mol. The second-order valence-electron chi connectivity index (χ2n) is 5.27. The summed E-state index contributed by atoms with van der Waals surface area (Å²) in [5, 5.41) is 4.92. The molecule has 0 saturated heterocycles. The number of aromatic nitrogens is 1. The maximum Gasteiger partial charge on any atom is 0.277 e. The summed E-state index contributed by atoms with van der Waals surface area (Å²) in [5.41, 5.74) is 5.24. The summed E-state index contributed by atoms with van der Waals surface area (Å²) in [6.45, 7) is 1.86. The van der Waals surface area contributed by atoms with E-state index in [0.29, 0.717) is 5.75 Å². The number of aryl methyl sites for hydroxylation is 1. The van der Waals surface area contributed by atoms with Crippen LogP contribution in [-0.4, -0.2) is 23.7 Å². The number of ether oxygens (including phenoxy) is 1. The van der Waals surface area contributed by atoms with Gasteiger partial charge < -0.3 is 4.74 Å². The smallest absolute Gasteiger partial charge is 0.277 e. The molecule has 24 heavy (non-hydrogen) atoms. The molecular weight excluding hydrogens is 302 g/mol. The summed E-state index contributed by atoms with van der Waals surface area (Å²) in [4.78, 5) is 16.1. The number of para-hydroxylation sites is 1. The van der Waals surface area contributed by atoms with Crippen LogP contribution < -0.4 is 10.2 Å². The molecule has 0 aliphatic heterocycles. The maximum atomic E-state index is 11.9. The lowest BCUT2D eigenvalue weighted by atomic mass is 10.1. The molecule has 1 amide bonds. The van der Waals surface area contributed by atoms with Crippen LogP contribution in [0.5, 0.6) is 5.75 Å². The first-order valence-corrected chi connectivity index (χ1v) is 7.58. The lowest BCUT2D eigenvalue weighted by Crippen LogP contribution is -2.24. The van der Waals surface area contributed by atoms with E-state index in [4.69, 9.17) is 4.74 Å². The number of fused-ring (bicyclic) bond motifs is 1. The molecule has 3 aromatic rings. The summed E-state index contributed by atoms with van der Waals surface area (Å²) in [6, 6.07) is 17.2. The average Bonchev–Trinajstić information content (AvgIpc) is 2.61.